The lowest BCUT2D eigenvalue weighted by atomic mass is 9.83. The first-order valence-electron chi connectivity index (χ1n) is 15.9. The Balaban J connectivity index is 1.55. The van der Waals surface area contributed by atoms with E-state index in [9.17, 15) is 35.5 Å². The Morgan fingerprint density at radius 2 is 1.54 bits per heavy atom. The van der Waals surface area contributed by atoms with Gasteiger partial charge in [-0.1, -0.05) is 12.2 Å². The van der Waals surface area contributed by atoms with E-state index >= 15 is 0 Å². The third-order valence-electron chi connectivity index (χ3n) is 8.81. The van der Waals surface area contributed by atoms with E-state index in [1.54, 1.807) is 19.2 Å². The minimum Gasteiger partial charge on any atom is -0.394 e. The number of nitrogens with one attached hydrogen (secondary N) is 2. The molecule has 4 aliphatic rings. The van der Waals surface area contributed by atoms with Crippen LogP contribution in [0.15, 0.2) is 12.2 Å². The molecule has 0 bridgehead atoms. The average Bonchev–Trinajstić information content (AvgIpc) is 3.36. The molecule has 1 aliphatic carbocycles. The van der Waals surface area contributed by atoms with Crippen LogP contribution in [0.5, 0.6) is 0 Å². The molecule has 278 valence electrons. The van der Waals surface area contributed by atoms with Gasteiger partial charge in [-0.25, -0.2) is 9.86 Å². The lowest BCUT2D eigenvalue weighted by Crippen LogP contribution is -2.67. The van der Waals surface area contributed by atoms with Gasteiger partial charge in [-0.3, -0.25) is 5.21 Å². The minimum atomic E-state index is -1.65. The molecule has 4 rings (SSSR count). The molecule has 0 aromatic heterocycles. The highest BCUT2D eigenvalue weighted by Crippen LogP contribution is 2.34. The summed E-state index contributed by atoms with van der Waals surface area (Å²) in [5.74, 6) is 0. The number of rotatable bonds is 13. The van der Waals surface area contributed by atoms with Gasteiger partial charge < -0.3 is 93.3 Å². The fourth-order valence-corrected chi connectivity index (χ4v) is 6.13. The smallest absolute Gasteiger partial charge is 0.341 e. The van der Waals surface area contributed by atoms with E-state index in [4.69, 9.17) is 57.1 Å². The number of aliphatic hydroxyl groups excluding tert-OH is 5. The van der Waals surface area contributed by atoms with Gasteiger partial charge >= 0.3 is 6.03 Å². The van der Waals surface area contributed by atoms with Crippen LogP contribution in [-0.2, 0) is 28.4 Å². The van der Waals surface area contributed by atoms with E-state index in [1.807, 2.05) is 0 Å². The Morgan fingerprint density at radius 1 is 0.875 bits per heavy atom. The van der Waals surface area contributed by atoms with Gasteiger partial charge in [0, 0.05) is 25.7 Å². The number of urea groups is 1. The number of carbonyl (C=O) groups excluding carboxylic acids is 1. The van der Waals surface area contributed by atoms with Crippen molar-refractivity contribution in [1.29, 1.82) is 0 Å². The normalized spacial score (nSPS) is 44.9. The molecule has 18 N–H and O–H groups in total. The minimum absolute atomic E-state index is 0.0294. The van der Waals surface area contributed by atoms with Gasteiger partial charge in [0.05, 0.1) is 37.4 Å². The highest BCUT2D eigenvalue weighted by molar-refractivity contribution is 5.73. The second-order valence-electron chi connectivity index (χ2n) is 12.3. The van der Waals surface area contributed by atoms with Crippen molar-refractivity contribution >= 4 is 6.03 Å². The summed E-state index contributed by atoms with van der Waals surface area (Å²) in [6, 6.07) is -4.96. The molecule has 3 aliphatic heterocycles. The lowest BCUT2D eigenvalue weighted by Gasteiger charge is -2.46. The van der Waals surface area contributed by atoms with Crippen molar-refractivity contribution < 1.29 is 64.0 Å². The number of likely N-dealkylation sites (N-methyl/N-ethyl adjacent to an activating group) is 1. The summed E-state index contributed by atoms with van der Waals surface area (Å²) < 4.78 is 35.6. The number of amides is 2. The molecule has 21 heteroatoms. The van der Waals surface area contributed by atoms with Crippen molar-refractivity contribution in [3.63, 3.8) is 0 Å². The molecule has 3 fully saturated rings. The van der Waals surface area contributed by atoms with Crippen LogP contribution in [0.25, 0.3) is 0 Å². The largest absolute Gasteiger partial charge is 0.394 e. The monoisotopic (exact) mass is 696 g/mol. The van der Waals surface area contributed by atoms with Crippen LogP contribution in [0.2, 0.25) is 0 Å². The summed E-state index contributed by atoms with van der Waals surface area (Å²) in [7, 11) is 1.74. The van der Waals surface area contributed by atoms with Crippen molar-refractivity contribution in [3.05, 3.63) is 12.2 Å². The summed E-state index contributed by atoms with van der Waals surface area (Å²) in [6.45, 7) is -0.620. The number of nitrogens with zero attached hydrogens (tertiary/aromatic N) is 1. The maximum absolute atomic E-state index is 12.6. The number of hydrogen-bond acceptors (Lipinski definition) is 19. The number of aliphatic hydroxyl groups is 5. The van der Waals surface area contributed by atoms with E-state index in [2.05, 4.69) is 10.6 Å². The molecule has 0 radical (unpaired) electrons. The van der Waals surface area contributed by atoms with Crippen molar-refractivity contribution in [3.8, 4) is 0 Å². The number of hydrogen-bond donors (Lipinski definition) is 13. The van der Waals surface area contributed by atoms with Gasteiger partial charge in [0.25, 0.3) is 0 Å². The molecule has 2 amide bonds. The van der Waals surface area contributed by atoms with E-state index in [0.717, 1.165) is 0 Å². The third kappa shape index (κ3) is 8.77. The van der Waals surface area contributed by atoms with Gasteiger partial charge in [0.15, 0.2) is 18.9 Å². The summed E-state index contributed by atoms with van der Waals surface area (Å²) in [5.41, 5.74) is 29.9. The van der Waals surface area contributed by atoms with E-state index < -0.39 is 117 Å². The zero-order valence-corrected chi connectivity index (χ0v) is 26.6. The summed E-state index contributed by atoms with van der Waals surface area (Å²) in [5, 5.41) is 69.4. The Labute approximate surface area is 277 Å². The zero-order chi connectivity index (χ0) is 35.3. The fraction of sp³-hybridized carbons (Fsp3) is 0.889. The Hall–Kier alpha value is -1.71. The van der Waals surface area contributed by atoms with Crippen molar-refractivity contribution in [2.24, 2.45) is 28.7 Å². The molecule has 0 aromatic rings. The summed E-state index contributed by atoms with van der Waals surface area (Å²) >= 11 is 0. The van der Waals surface area contributed by atoms with Crippen molar-refractivity contribution in [2.45, 2.75) is 110 Å². The number of carbonyl (C=O) groups is 1. The summed E-state index contributed by atoms with van der Waals surface area (Å²) in [6.07, 6.45) is -13.2. The first kappa shape index (κ1) is 39.1. The van der Waals surface area contributed by atoms with Crippen LogP contribution in [0.3, 0.4) is 0 Å². The molecule has 0 aromatic carbocycles. The van der Waals surface area contributed by atoms with E-state index in [-0.39, 0.29) is 26.1 Å². The molecule has 3 heterocycles. The van der Waals surface area contributed by atoms with Crippen molar-refractivity contribution in [2.75, 3.05) is 39.8 Å². The van der Waals surface area contributed by atoms with Gasteiger partial charge in [-0.2, -0.15) is 0 Å². The maximum Gasteiger partial charge on any atom is 0.341 e. The maximum atomic E-state index is 12.6. The molecular weight excluding hydrogens is 644 g/mol. The second kappa shape index (κ2) is 17.5. The molecule has 17 atom stereocenters. The van der Waals surface area contributed by atoms with E-state index in [1.165, 1.54) is 0 Å². The quantitative estimate of drug-likeness (QED) is 0.0483. The van der Waals surface area contributed by atoms with Crippen LogP contribution in [-0.4, -0.2) is 186 Å². The third-order valence-corrected chi connectivity index (χ3v) is 8.81. The van der Waals surface area contributed by atoms with Gasteiger partial charge in [-0.15, -0.1) is 0 Å². The lowest BCUT2D eigenvalue weighted by molar-refractivity contribution is -0.284. The highest BCUT2D eigenvalue weighted by atomic mass is 16.8. The van der Waals surface area contributed by atoms with Gasteiger partial charge in [0.1, 0.15) is 54.9 Å². The van der Waals surface area contributed by atoms with E-state index in [0.29, 0.717) is 11.6 Å². The average molecular weight is 697 g/mol. The number of hydroxylamine groups is 2. The van der Waals surface area contributed by atoms with Crippen LogP contribution >= 0.6 is 0 Å². The Kier molecular flexibility index (Phi) is 14.2. The SMILES string of the molecule is CNC[C@@H]1C=C[C@@H](N)[C@@H](O[C@H]2[C@H](O[C@@H]3O[C@H](CO)[C@@H](O[C@H]4O[C@@H](CN)[C@@H](O)[C@H](O)[C@H]4N)[C@H]3O)[C@@H](O)[C@H](NC(=O)N(O)CCN)C[C@@H]2N)O1. The molecule has 48 heavy (non-hydrogen) atoms. The zero-order valence-electron chi connectivity index (χ0n) is 26.6. The van der Waals surface area contributed by atoms with Crippen LogP contribution < -0.4 is 39.3 Å². The first-order chi connectivity index (χ1) is 22.8. The summed E-state index contributed by atoms with van der Waals surface area (Å²) in [4.78, 5) is 12.6. The molecule has 2 saturated heterocycles. The Morgan fingerprint density at radius 3 is 2.19 bits per heavy atom. The second-order valence-corrected chi connectivity index (χ2v) is 12.3. The predicted molar refractivity (Wildman–Crippen MR) is 162 cm³/mol. The predicted octanol–water partition coefficient (Wildman–Crippen LogP) is -7.40. The number of nitrogens with two attached hydrogens (primary N) is 5. The van der Waals surface area contributed by atoms with Crippen LogP contribution in [0, 0.1) is 0 Å². The topological polar surface area (TPSA) is 351 Å². The van der Waals surface area contributed by atoms with Crippen LogP contribution in [0.4, 0.5) is 4.79 Å². The van der Waals surface area contributed by atoms with Crippen molar-refractivity contribution in [1.82, 2.24) is 15.7 Å². The standard InChI is InChI=1S/C27H52N8O13/c1-33-8-10-2-3-11(30)24(43-10)46-21-12(31)6-13(34-27(41)35(42)5-4-28)17(37)23(21)48-26-20(40)22(15(9-36)45-26)47-25-16(32)19(39)18(38)14(7-29)44-25/h2-3,10-26,33,36-40,42H,4-9,28-32H2,1H3,(H,34,41)/t10-,11+,12-,13+,14-,15+,16+,17-,18+,19+,20+,21+,22+,23+,24+,25+,26-/m0/s1. The fourth-order valence-electron chi connectivity index (χ4n) is 6.13. The molecule has 0 spiro atoms. The molecule has 0 unspecified atom stereocenters. The molecular formula is C27H52N8O13. The van der Waals surface area contributed by atoms with Gasteiger partial charge in [0.2, 0.25) is 0 Å². The Bertz CT molecular complexity index is 1050. The molecule has 1 saturated carbocycles. The highest BCUT2D eigenvalue weighted by Gasteiger charge is 2.54. The van der Waals surface area contributed by atoms with Crippen LogP contribution in [0.1, 0.15) is 6.42 Å². The number of ether oxygens (including phenoxy) is 6. The first-order valence-corrected chi connectivity index (χ1v) is 15.9. The van der Waals surface area contributed by atoms with Gasteiger partial charge in [-0.05, 0) is 13.5 Å². The molecule has 21 nitrogen and oxygen atoms in total.